The second-order valence-electron chi connectivity index (χ2n) is 21.2. The molecule has 2 aromatic heterocycles. The van der Waals surface area contributed by atoms with Crippen molar-refractivity contribution in [1.82, 2.24) is 40.0 Å². The average Bonchev–Trinajstić information content (AvgIpc) is 3.92. The minimum Gasteiger partial charge on any atom is -0.508 e. The molecule has 19 heteroatoms. The number of aromatic hydroxyl groups is 1. The number of β-amino-alcohol motifs (C(OH)–C–C–N with tert-alkyl or cyclic N) is 1. The van der Waals surface area contributed by atoms with Crippen molar-refractivity contribution in [2.75, 3.05) is 73.2 Å². The highest BCUT2D eigenvalue weighted by Crippen LogP contribution is 2.41. The number of nitrogens with one attached hydrogen (secondary N) is 2. The van der Waals surface area contributed by atoms with E-state index in [0.29, 0.717) is 56.9 Å². The molecule has 396 valence electrons. The number of hydrazine groups is 1. The van der Waals surface area contributed by atoms with Crippen molar-refractivity contribution in [3.05, 3.63) is 71.5 Å². The van der Waals surface area contributed by atoms with Crippen LogP contribution in [0.5, 0.6) is 5.75 Å². The van der Waals surface area contributed by atoms with Gasteiger partial charge in [0.15, 0.2) is 5.60 Å². The molecule has 0 spiro atoms. The number of aliphatic hydroxyl groups is 2. The molecule has 6 heterocycles. The molecule has 74 heavy (non-hydrogen) atoms. The Kier molecular flexibility index (Phi) is 16.2. The van der Waals surface area contributed by atoms with E-state index in [-0.39, 0.29) is 64.3 Å². The third kappa shape index (κ3) is 11.5. The van der Waals surface area contributed by atoms with Crippen LogP contribution < -0.4 is 10.7 Å². The zero-order chi connectivity index (χ0) is 53.1. The number of pyridine rings is 1. The Morgan fingerprint density at radius 1 is 1.03 bits per heavy atom. The fraction of sp³-hybridized carbons (Fsp3) is 0.527. The molecular formula is C55H70N8O11. The van der Waals surface area contributed by atoms with Crippen LogP contribution in [-0.2, 0) is 64.2 Å². The molecule has 0 radical (unpaired) electrons. The van der Waals surface area contributed by atoms with Crippen LogP contribution in [0, 0.1) is 23.2 Å². The van der Waals surface area contributed by atoms with Crippen LogP contribution in [0.1, 0.15) is 70.7 Å². The van der Waals surface area contributed by atoms with E-state index in [1.54, 1.807) is 33.2 Å². The van der Waals surface area contributed by atoms with Gasteiger partial charge in [0.05, 0.1) is 50.9 Å². The van der Waals surface area contributed by atoms with Crippen molar-refractivity contribution >= 4 is 40.5 Å². The number of morpholine rings is 1. The lowest BCUT2D eigenvalue weighted by Gasteiger charge is -2.40. The smallest absolute Gasteiger partial charge is 0.355 e. The van der Waals surface area contributed by atoms with Crippen LogP contribution in [0.15, 0.2) is 54.7 Å². The maximum Gasteiger partial charge on any atom is 0.355 e. The second kappa shape index (κ2) is 22.2. The van der Waals surface area contributed by atoms with Crippen LogP contribution in [0.4, 0.5) is 0 Å². The molecule has 3 saturated heterocycles. The molecule has 4 amide bonds. The van der Waals surface area contributed by atoms with E-state index in [2.05, 4.69) is 45.0 Å². The molecule has 19 nitrogen and oxygen atoms in total. The monoisotopic (exact) mass is 1020 g/mol. The summed E-state index contributed by atoms with van der Waals surface area (Å²) >= 11 is 0. The van der Waals surface area contributed by atoms with Crippen LogP contribution in [-0.4, -0.2) is 171 Å². The average molecular weight is 1020 g/mol. The molecule has 3 fully saturated rings. The number of carbonyl (C=O) groups excluding carboxylic acids is 5. The van der Waals surface area contributed by atoms with Crippen LogP contribution in [0.3, 0.4) is 0 Å². The number of likely N-dealkylation sites (N-methyl/N-ethyl adjacent to an activating group) is 1. The highest BCUT2D eigenvalue weighted by Gasteiger charge is 2.49. The number of benzene rings is 2. The van der Waals surface area contributed by atoms with E-state index < -0.39 is 64.3 Å². The zero-order valence-corrected chi connectivity index (χ0v) is 43.5. The summed E-state index contributed by atoms with van der Waals surface area (Å²) in [5, 5.41) is 40.0. The molecule has 2 aromatic carbocycles. The first kappa shape index (κ1) is 53.9. The summed E-state index contributed by atoms with van der Waals surface area (Å²) in [6.07, 6.45) is 2.06. The number of nitrogens with zero attached hydrogens (tertiary/aromatic N) is 6. The van der Waals surface area contributed by atoms with Gasteiger partial charge in [-0.05, 0) is 90.3 Å². The van der Waals surface area contributed by atoms with E-state index in [0.717, 1.165) is 48.9 Å². The number of cyclic esters (lactones) is 1. The van der Waals surface area contributed by atoms with Crippen molar-refractivity contribution in [2.45, 2.75) is 103 Å². The number of amides is 4. The quantitative estimate of drug-likeness (QED) is 0.114. The number of aryl methyl sites for hydroxylation is 1. The Morgan fingerprint density at radius 3 is 2.53 bits per heavy atom. The Balaban J connectivity index is 1.13. The summed E-state index contributed by atoms with van der Waals surface area (Å²) in [5.41, 5.74) is 4.11. The predicted octanol–water partition coefficient (Wildman–Crippen LogP) is 2.99. The van der Waals surface area contributed by atoms with E-state index in [4.69, 9.17) is 19.2 Å². The number of aromatic nitrogens is 2. The van der Waals surface area contributed by atoms with Gasteiger partial charge >= 0.3 is 5.97 Å². The Bertz CT molecular complexity index is 2850. The van der Waals surface area contributed by atoms with Crippen molar-refractivity contribution in [3.8, 4) is 40.0 Å². The van der Waals surface area contributed by atoms with Crippen LogP contribution >= 0.6 is 0 Å². The topological polar surface area (TPSA) is 229 Å². The lowest BCUT2D eigenvalue weighted by molar-refractivity contribution is -0.189. The normalized spacial score (nSPS) is 22.9. The summed E-state index contributed by atoms with van der Waals surface area (Å²) in [7, 11) is 3.03. The van der Waals surface area contributed by atoms with Gasteiger partial charge in [-0.1, -0.05) is 45.7 Å². The van der Waals surface area contributed by atoms with E-state index in [1.807, 2.05) is 44.2 Å². The number of rotatable bonds is 10. The highest BCUT2D eigenvalue weighted by molar-refractivity contribution is 5.98. The number of methoxy groups -OCH3 is 1. The van der Waals surface area contributed by atoms with Gasteiger partial charge in [-0.15, -0.1) is 0 Å². The fourth-order valence-corrected chi connectivity index (χ4v) is 10.8. The molecule has 6 bridgehead atoms. The summed E-state index contributed by atoms with van der Waals surface area (Å²) in [6.45, 7) is 13.1. The van der Waals surface area contributed by atoms with E-state index in [9.17, 15) is 39.3 Å². The lowest BCUT2D eigenvalue weighted by Crippen LogP contribution is -2.67. The summed E-state index contributed by atoms with van der Waals surface area (Å²) in [4.78, 5) is 80.2. The molecule has 1 unspecified atom stereocenters. The number of esters is 1. The third-order valence-electron chi connectivity index (χ3n) is 14.5. The predicted molar refractivity (Wildman–Crippen MR) is 274 cm³/mol. The van der Waals surface area contributed by atoms with Crippen molar-refractivity contribution in [3.63, 3.8) is 0 Å². The minimum atomic E-state index is -2.31. The first-order valence-corrected chi connectivity index (χ1v) is 25.5. The molecular weight excluding hydrogens is 949 g/mol. The molecule has 8 rings (SSSR count). The van der Waals surface area contributed by atoms with E-state index in [1.165, 1.54) is 18.0 Å². The van der Waals surface area contributed by atoms with Crippen LogP contribution in [0.25, 0.3) is 33.3 Å². The Morgan fingerprint density at radius 2 is 1.80 bits per heavy atom. The summed E-state index contributed by atoms with van der Waals surface area (Å²) in [6, 6.07) is 12.4. The number of fused-ring (bicyclic) bond motifs is 6. The fourth-order valence-electron chi connectivity index (χ4n) is 10.8. The SMILES string of the molecule is CCn1c(-c2cccnc2COC)c2c3cc(ccc31)-c1cc(O)cc(c1)C[C@H](NC(=O)[C@H](C(C)C)N(C)C(=O)C1(O)CCN(C(=O)C#CCN3CCOCC3)C1)C(=O)N1CCC[C@@](O)(N1)C(=O)OCC(C)(C)C2. The third-order valence-corrected chi connectivity index (χ3v) is 14.5. The van der Waals surface area contributed by atoms with Gasteiger partial charge in [-0.25, -0.2) is 4.79 Å². The van der Waals surface area contributed by atoms with Crippen molar-refractivity contribution < 1.29 is 53.5 Å². The zero-order valence-electron chi connectivity index (χ0n) is 43.5. The van der Waals surface area contributed by atoms with Crippen molar-refractivity contribution in [1.29, 1.82) is 0 Å². The van der Waals surface area contributed by atoms with Gasteiger partial charge in [0.1, 0.15) is 17.8 Å². The van der Waals surface area contributed by atoms with Gasteiger partial charge in [0, 0.05) is 94.2 Å². The highest BCUT2D eigenvalue weighted by atomic mass is 16.6. The van der Waals surface area contributed by atoms with Gasteiger partial charge in [-0.3, -0.25) is 34.1 Å². The number of hydrogen-bond donors (Lipinski definition) is 5. The molecule has 4 atom stereocenters. The second-order valence-corrected chi connectivity index (χ2v) is 21.2. The van der Waals surface area contributed by atoms with Gasteiger partial charge in [0.25, 0.3) is 17.7 Å². The molecule has 0 saturated carbocycles. The van der Waals surface area contributed by atoms with Gasteiger partial charge in [0.2, 0.25) is 11.6 Å². The molecule has 4 aliphatic rings. The number of likely N-dealkylation sites (tertiary alicyclic amines) is 1. The molecule has 5 N–H and O–H groups in total. The maximum absolute atomic E-state index is 14.9. The number of ether oxygens (including phenoxy) is 3. The van der Waals surface area contributed by atoms with Crippen molar-refractivity contribution in [2.24, 2.45) is 11.3 Å². The number of carbonyl (C=O) groups is 5. The molecule has 4 aliphatic heterocycles. The number of phenolic OH excluding ortho intramolecular Hbond substituents is 1. The first-order valence-electron chi connectivity index (χ1n) is 25.5. The summed E-state index contributed by atoms with van der Waals surface area (Å²) in [5.74, 6) is 1.21. The molecule has 4 aromatic rings. The standard InChI is InChI=1S/C55H70N8O11/c1-8-62-45-15-14-37-30-41(45)42(48(62)40-12-9-18-56-44(40)32-72-7)31-53(4,5)34-74-52(69)55(71)16-11-20-63(58-55)50(67)43(28-36-26-38(37)29-39(64)27-36)57-49(66)47(35(2)3)59(6)51(68)54(70)17-21-61(33-54)46(65)13-10-19-60-22-24-73-25-23-60/h9,12,14-15,18,26-27,29-30,35,43,47,58,64,70-71H,8,11,16-17,19-25,28,31-34H2,1-7H3,(H,57,66)/t43-,47-,54?,55-/m0/s1. The van der Waals surface area contributed by atoms with Gasteiger partial charge in [-0.2, -0.15) is 5.43 Å². The first-order chi connectivity index (χ1) is 35.2. The Labute approximate surface area is 432 Å². The van der Waals surface area contributed by atoms with E-state index >= 15 is 0 Å². The minimum absolute atomic E-state index is 0.0583. The number of phenols is 1. The lowest BCUT2D eigenvalue weighted by atomic mass is 9.84. The Hall–Kier alpha value is -6.40. The summed E-state index contributed by atoms with van der Waals surface area (Å²) < 4.78 is 19.2. The maximum atomic E-state index is 14.9. The molecule has 0 aliphatic carbocycles. The largest absolute Gasteiger partial charge is 0.508 e. The number of hydrogen-bond acceptors (Lipinski definition) is 14. The van der Waals surface area contributed by atoms with Crippen LogP contribution in [0.2, 0.25) is 0 Å². The van der Waals surface area contributed by atoms with Gasteiger partial charge < -0.3 is 49.2 Å².